The van der Waals surface area contributed by atoms with Gasteiger partial charge < -0.3 is 4.74 Å². The molecule has 5 nitrogen and oxygen atoms in total. The first kappa shape index (κ1) is 18.9. The van der Waals surface area contributed by atoms with Gasteiger partial charge in [0.25, 0.3) is 0 Å². The van der Waals surface area contributed by atoms with E-state index in [9.17, 15) is 30.8 Å². The van der Waals surface area contributed by atoms with Crippen molar-refractivity contribution in [1.82, 2.24) is 4.31 Å². The fourth-order valence-electron chi connectivity index (χ4n) is 1.82. The van der Waals surface area contributed by atoms with Crippen LogP contribution in [-0.4, -0.2) is 32.8 Å². The van der Waals surface area contributed by atoms with Gasteiger partial charge in [-0.2, -0.15) is 4.39 Å². The molecule has 0 atom stereocenters. The maximum Gasteiger partial charge on any atom is 0.343 e. The average Bonchev–Trinajstić information content (AvgIpc) is 2.58. The maximum absolute atomic E-state index is 14.0. The summed E-state index contributed by atoms with van der Waals surface area (Å²) in [5.74, 6) is -11.8. The first-order chi connectivity index (χ1) is 11.6. The quantitative estimate of drug-likeness (QED) is 0.270. The Morgan fingerprint density at radius 2 is 1.44 bits per heavy atom. The number of sulfonamides is 1. The maximum atomic E-state index is 14.0. The number of halogens is 4. The molecule has 0 N–H and O–H groups in total. The predicted molar refractivity (Wildman–Crippen MR) is 78.5 cm³/mol. The minimum Gasteiger partial charge on any atom is -0.418 e. The second-order valence-corrected chi connectivity index (χ2v) is 7.05. The van der Waals surface area contributed by atoms with E-state index >= 15 is 0 Å². The Kier molecular flexibility index (Phi) is 5.14. The van der Waals surface area contributed by atoms with Crippen LogP contribution in [0.1, 0.15) is 10.4 Å². The fraction of sp³-hybridized carbons (Fsp3) is 0.133. The van der Waals surface area contributed by atoms with Crippen LogP contribution in [0, 0.1) is 23.3 Å². The topological polar surface area (TPSA) is 63.7 Å². The molecule has 0 spiro atoms. The summed E-state index contributed by atoms with van der Waals surface area (Å²) in [4.78, 5) is 10.4. The van der Waals surface area contributed by atoms with Crippen LogP contribution in [0.15, 0.2) is 35.2 Å². The minimum atomic E-state index is -4.79. The Morgan fingerprint density at radius 3 is 1.96 bits per heavy atom. The predicted octanol–water partition coefficient (Wildman–Crippen LogP) is 2.71. The van der Waals surface area contributed by atoms with E-state index in [-0.39, 0.29) is 5.56 Å². The van der Waals surface area contributed by atoms with Crippen LogP contribution in [0.4, 0.5) is 17.6 Å². The van der Waals surface area contributed by atoms with Crippen LogP contribution in [0.5, 0.6) is 5.75 Å². The van der Waals surface area contributed by atoms with Crippen LogP contribution in [-0.2, 0) is 10.0 Å². The smallest absolute Gasteiger partial charge is 0.343 e. The van der Waals surface area contributed by atoms with Crippen molar-refractivity contribution in [2.24, 2.45) is 0 Å². The summed E-state index contributed by atoms with van der Waals surface area (Å²) >= 11 is 0. The first-order valence-electron chi connectivity index (χ1n) is 6.64. The third-order valence-corrected chi connectivity index (χ3v) is 4.97. The van der Waals surface area contributed by atoms with Gasteiger partial charge in [-0.25, -0.2) is 30.7 Å². The lowest BCUT2D eigenvalue weighted by Crippen LogP contribution is -2.26. The summed E-state index contributed by atoms with van der Waals surface area (Å²) in [6, 6.07) is 6.90. The third-order valence-electron chi connectivity index (χ3n) is 3.13. The minimum absolute atomic E-state index is 0.139. The lowest BCUT2D eigenvalue weighted by atomic mass is 10.2. The molecule has 0 aliphatic heterocycles. The van der Waals surface area contributed by atoms with E-state index in [0.717, 1.165) is 14.1 Å². The third kappa shape index (κ3) is 3.35. The lowest BCUT2D eigenvalue weighted by molar-refractivity contribution is 0.0719. The Hall–Kier alpha value is -2.46. The van der Waals surface area contributed by atoms with Gasteiger partial charge in [0.1, 0.15) is 0 Å². The molecule has 10 heteroatoms. The summed E-state index contributed by atoms with van der Waals surface area (Å²) < 4.78 is 84.3. The highest BCUT2D eigenvalue weighted by Gasteiger charge is 2.36. The zero-order valence-corrected chi connectivity index (χ0v) is 13.7. The molecule has 0 saturated heterocycles. The molecular formula is C15H11F4NO4S. The van der Waals surface area contributed by atoms with E-state index in [1.807, 2.05) is 0 Å². The highest BCUT2D eigenvalue weighted by molar-refractivity contribution is 7.89. The Morgan fingerprint density at radius 1 is 0.920 bits per heavy atom. The number of hydrogen-bond acceptors (Lipinski definition) is 4. The van der Waals surface area contributed by atoms with Crippen molar-refractivity contribution in [3.05, 3.63) is 59.2 Å². The molecule has 0 aromatic heterocycles. The summed E-state index contributed by atoms with van der Waals surface area (Å²) in [7, 11) is -2.88. The van der Waals surface area contributed by atoms with Crippen LogP contribution in [0.3, 0.4) is 0 Å². The largest absolute Gasteiger partial charge is 0.418 e. The van der Waals surface area contributed by atoms with Gasteiger partial charge in [0.2, 0.25) is 21.7 Å². The van der Waals surface area contributed by atoms with Crippen molar-refractivity contribution in [1.29, 1.82) is 0 Å². The van der Waals surface area contributed by atoms with Crippen molar-refractivity contribution >= 4 is 16.0 Å². The van der Waals surface area contributed by atoms with Crippen LogP contribution < -0.4 is 4.74 Å². The van der Waals surface area contributed by atoms with E-state index in [1.165, 1.54) is 24.3 Å². The monoisotopic (exact) mass is 377 g/mol. The normalized spacial score (nSPS) is 11.6. The number of carbonyl (C=O) groups is 1. The van der Waals surface area contributed by atoms with Gasteiger partial charge >= 0.3 is 5.97 Å². The highest BCUT2D eigenvalue weighted by atomic mass is 32.2. The zero-order valence-electron chi connectivity index (χ0n) is 12.9. The van der Waals surface area contributed by atoms with E-state index < -0.39 is 49.9 Å². The molecule has 2 aromatic carbocycles. The van der Waals surface area contributed by atoms with Crippen molar-refractivity contribution in [3.8, 4) is 5.75 Å². The number of esters is 1. The Balaban J connectivity index is 2.70. The summed E-state index contributed by atoms with van der Waals surface area (Å²) in [5.41, 5.74) is -0.139. The molecule has 0 aliphatic carbocycles. The van der Waals surface area contributed by atoms with Crippen LogP contribution in [0.2, 0.25) is 0 Å². The molecule has 0 radical (unpaired) electrons. The number of benzene rings is 2. The summed E-state index contributed by atoms with van der Waals surface area (Å²) in [5, 5.41) is 0. The number of ether oxygens (including phenoxy) is 1. The van der Waals surface area contributed by atoms with Crippen molar-refractivity contribution in [2.75, 3.05) is 14.1 Å². The molecule has 25 heavy (non-hydrogen) atoms. The lowest BCUT2D eigenvalue weighted by Gasteiger charge is -2.17. The molecule has 0 aliphatic rings. The molecule has 0 unspecified atom stereocenters. The molecule has 2 rings (SSSR count). The van der Waals surface area contributed by atoms with E-state index in [4.69, 9.17) is 0 Å². The standard InChI is InChI=1S/C15H11F4NO4S/c1-20(2)25(22,23)14-12(19)10(17)9(16)11(18)13(14)24-15(21)8-6-4-3-5-7-8/h3-7H,1-2H3. The van der Waals surface area contributed by atoms with Gasteiger partial charge in [-0.3, -0.25) is 0 Å². The molecule has 0 heterocycles. The second-order valence-electron chi connectivity index (χ2n) is 4.96. The van der Waals surface area contributed by atoms with Gasteiger partial charge in [0, 0.05) is 14.1 Å². The number of carbonyl (C=O) groups excluding carboxylic acids is 1. The Bertz CT molecular complexity index is 931. The molecule has 0 amide bonds. The SMILES string of the molecule is CN(C)S(=O)(=O)c1c(F)c(F)c(F)c(F)c1OC(=O)c1ccccc1. The van der Waals surface area contributed by atoms with Crippen LogP contribution in [0.25, 0.3) is 0 Å². The van der Waals surface area contributed by atoms with Gasteiger partial charge in [0.05, 0.1) is 5.56 Å². The summed E-state index contributed by atoms with van der Waals surface area (Å²) in [6.45, 7) is 0. The molecule has 2 aromatic rings. The Labute approximate surface area is 140 Å². The van der Waals surface area contributed by atoms with Gasteiger partial charge in [-0.15, -0.1) is 0 Å². The van der Waals surface area contributed by atoms with Gasteiger partial charge in [-0.05, 0) is 12.1 Å². The number of hydrogen-bond donors (Lipinski definition) is 0. The molecular weight excluding hydrogens is 366 g/mol. The van der Waals surface area contributed by atoms with Crippen molar-refractivity contribution in [2.45, 2.75) is 4.90 Å². The number of nitrogens with zero attached hydrogens (tertiary/aromatic N) is 1. The molecule has 134 valence electrons. The molecule has 0 bridgehead atoms. The van der Waals surface area contributed by atoms with E-state index in [2.05, 4.69) is 4.74 Å². The molecule has 0 saturated carbocycles. The van der Waals surface area contributed by atoms with Gasteiger partial charge in [0.15, 0.2) is 22.3 Å². The highest BCUT2D eigenvalue weighted by Crippen LogP contribution is 2.35. The van der Waals surface area contributed by atoms with Crippen molar-refractivity contribution < 1.29 is 35.5 Å². The van der Waals surface area contributed by atoms with Gasteiger partial charge in [-0.1, -0.05) is 18.2 Å². The molecule has 0 fully saturated rings. The average molecular weight is 377 g/mol. The fourth-order valence-corrected chi connectivity index (χ4v) is 2.87. The first-order valence-corrected chi connectivity index (χ1v) is 8.08. The second kappa shape index (κ2) is 6.81. The van der Waals surface area contributed by atoms with E-state index in [1.54, 1.807) is 6.07 Å². The van der Waals surface area contributed by atoms with Crippen LogP contribution >= 0.6 is 0 Å². The van der Waals surface area contributed by atoms with E-state index in [0.29, 0.717) is 4.31 Å². The summed E-state index contributed by atoms with van der Waals surface area (Å²) in [6.07, 6.45) is 0. The van der Waals surface area contributed by atoms with Crippen molar-refractivity contribution in [3.63, 3.8) is 0 Å². The zero-order chi connectivity index (χ0) is 18.9. The number of rotatable bonds is 4.